The lowest BCUT2D eigenvalue weighted by atomic mass is 9.81. The fourth-order valence-electron chi connectivity index (χ4n) is 4.11. The van der Waals surface area contributed by atoms with Gasteiger partial charge in [0, 0.05) is 23.8 Å². The minimum Gasteiger partial charge on any atom is -0.299 e. The Morgan fingerprint density at radius 1 is 1.23 bits per heavy atom. The maximum absolute atomic E-state index is 12.5. The van der Waals surface area contributed by atoms with Gasteiger partial charge in [0.2, 0.25) is 0 Å². The molecule has 134 valence electrons. The highest BCUT2D eigenvalue weighted by Gasteiger charge is 2.31. The van der Waals surface area contributed by atoms with Crippen molar-refractivity contribution in [2.24, 2.45) is 5.92 Å². The van der Waals surface area contributed by atoms with Gasteiger partial charge in [0.1, 0.15) is 5.78 Å². The van der Waals surface area contributed by atoms with Gasteiger partial charge in [-0.1, -0.05) is 30.3 Å². The van der Waals surface area contributed by atoms with Crippen LogP contribution < -0.4 is 0 Å². The van der Waals surface area contributed by atoms with Crippen molar-refractivity contribution in [2.45, 2.75) is 32.2 Å². The molecule has 2 aromatic heterocycles. The van der Waals surface area contributed by atoms with Gasteiger partial charge in [-0.25, -0.2) is 0 Å². The number of carbonyl (C=O) groups excluding carboxylic acids is 1. The first kappa shape index (κ1) is 17.4. The number of aromatic nitrogens is 1. The van der Waals surface area contributed by atoms with Crippen LogP contribution in [0.5, 0.6) is 0 Å². The van der Waals surface area contributed by atoms with E-state index >= 15 is 0 Å². The lowest BCUT2D eigenvalue weighted by Gasteiger charge is -2.35. The van der Waals surface area contributed by atoms with E-state index in [2.05, 4.69) is 46.3 Å². The molecule has 26 heavy (non-hydrogen) atoms. The van der Waals surface area contributed by atoms with E-state index in [0.29, 0.717) is 11.7 Å². The number of hydrogen-bond donors (Lipinski definition) is 0. The monoisotopic (exact) mass is 364 g/mol. The van der Waals surface area contributed by atoms with Gasteiger partial charge in [0.05, 0.1) is 10.6 Å². The van der Waals surface area contributed by atoms with Crippen LogP contribution in [-0.4, -0.2) is 28.8 Å². The van der Waals surface area contributed by atoms with Crippen molar-refractivity contribution in [1.29, 1.82) is 0 Å². The Bertz CT molecular complexity index is 848. The van der Waals surface area contributed by atoms with Crippen LogP contribution in [0, 0.1) is 5.92 Å². The number of nitrogens with zero attached hydrogens (tertiary/aromatic N) is 2. The van der Waals surface area contributed by atoms with E-state index in [0.717, 1.165) is 32.5 Å². The molecule has 1 aliphatic heterocycles. The number of carbonyl (C=O) groups is 1. The number of Topliss-reactive ketones (excluding diaryl/α,β-unsaturated/α-hetero) is 1. The molecule has 4 rings (SSSR count). The first-order valence-corrected chi connectivity index (χ1v) is 10.1. The minimum atomic E-state index is 0.0336. The van der Waals surface area contributed by atoms with Gasteiger partial charge < -0.3 is 0 Å². The SMILES string of the molecule is CC(=O)C(c1cc2ccncc2s1)C1CCN(Cc2ccccc2)CC1. The number of pyridine rings is 1. The van der Waals surface area contributed by atoms with Gasteiger partial charge in [0.25, 0.3) is 0 Å². The zero-order valence-corrected chi connectivity index (χ0v) is 15.9. The van der Waals surface area contributed by atoms with Crippen LogP contribution in [0.2, 0.25) is 0 Å². The third-order valence-electron chi connectivity index (χ3n) is 5.44. The van der Waals surface area contributed by atoms with Crippen LogP contribution in [0.4, 0.5) is 0 Å². The third kappa shape index (κ3) is 3.71. The molecule has 0 N–H and O–H groups in total. The Balaban J connectivity index is 1.46. The Morgan fingerprint density at radius 2 is 2.00 bits per heavy atom. The predicted octanol–water partition coefficient (Wildman–Crippen LogP) is 4.88. The number of benzene rings is 1. The molecule has 1 aliphatic rings. The van der Waals surface area contributed by atoms with Crippen LogP contribution in [-0.2, 0) is 11.3 Å². The van der Waals surface area contributed by atoms with Crippen molar-refractivity contribution in [3.8, 4) is 0 Å². The second kappa shape index (κ2) is 7.68. The Kier molecular flexibility index (Phi) is 5.14. The summed E-state index contributed by atoms with van der Waals surface area (Å²) in [5, 5.41) is 1.20. The van der Waals surface area contributed by atoms with E-state index < -0.39 is 0 Å². The van der Waals surface area contributed by atoms with E-state index in [1.54, 1.807) is 18.3 Å². The van der Waals surface area contributed by atoms with E-state index in [9.17, 15) is 4.79 Å². The van der Waals surface area contributed by atoms with Crippen LogP contribution in [0.25, 0.3) is 10.1 Å². The Labute approximate surface area is 158 Å². The molecule has 0 saturated carbocycles. The molecule has 3 aromatic rings. The second-order valence-corrected chi connectivity index (χ2v) is 8.37. The van der Waals surface area contributed by atoms with Crippen molar-refractivity contribution < 1.29 is 4.79 Å². The fraction of sp³-hybridized carbons (Fsp3) is 0.364. The summed E-state index contributed by atoms with van der Waals surface area (Å²) in [5.74, 6) is 0.776. The summed E-state index contributed by atoms with van der Waals surface area (Å²) in [6.07, 6.45) is 5.90. The highest BCUT2D eigenvalue weighted by molar-refractivity contribution is 7.19. The van der Waals surface area contributed by atoms with Crippen LogP contribution in [0.15, 0.2) is 54.9 Å². The number of likely N-dealkylation sites (tertiary alicyclic amines) is 1. The molecule has 0 aliphatic carbocycles. The van der Waals surface area contributed by atoms with Gasteiger partial charge in [-0.2, -0.15) is 0 Å². The highest BCUT2D eigenvalue weighted by atomic mass is 32.1. The molecule has 0 bridgehead atoms. The van der Waals surface area contributed by atoms with E-state index in [1.807, 2.05) is 18.5 Å². The van der Waals surface area contributed by atoms with Crippen molar-refractivity contribution >= 4 is 27.2 Å². The van der Waals surface area contributed by atoms with Crippen molar-refractivity contribution in [3.63, 3.8) is 0 Å². The summed E-state index contributed by atoms with van der Waals surface area (Å²) in [7, 11) is 0. The zero-order chi connectivity index (χ0) is 17.9. The Morgan fingerprint density at radius 3 is 2.69 bits per heavy atom. The topological polar surface area (TPSA) is 33.2 Å². The maximum atomic E-state index is 12.5. The van der Waals surface area contributed by atoms with Gasteiger partial charge in [-0.15, -0.1) is 11.3 Å². The molecule has 0 spiro atoms. The molecule has 4 heteroatoms. The predicted molar refractivity (Wildman–Crippen MR) is 107 cm³/mol. The number of hydrogen-bond acceptors (Lipinski definition) is 4. The first-order valence-electron chi connectivity index (χ1n) is 9.31. The van der Waals surface area contributed by atoms with Crippen LogP contribution in [0.3, 0.4) is 0 Å². The van der Waals surface area contributed by atoms with Crippen molar-refractivity contribution in [2.75, 3.05) is 13.1 Å². The maximum Gasteiger partial charge on any atom is 0.138 e. The minimum absolute atomic E-state index is 0.0336. The molecule has 3 heterocycles. The molecule has 3 nitrogen and oxygen atoms in total. The highest BCUT2D eigenvalue weighted by Crippen LogP contribution is 2.39. The van der Waals surface area contributed by atoms with Gasteiger partial charge >= 0.3 is 0 Å². The number of thiophene rings is 1. The lowest BCUT2D eigenvalue weighted by Crippen LogP contribution is -2.36. The Hall–Kier alpha value is -2.04. The summed E-state index contributed by atoms with van der Waals surface area (Å²) in [6.45, 7) is 4.89. The zero-order valence-electron chi connectivity index (χ0n) is 15.1. The summed E-state index contributed by atoms with van der Waals surface area (Å²) in [4.78, 5) is 20.4. The second-order valence-electron chi connectivity index (χ2n) is 7.25. The normalized spacial score (nSPS) is 17.4. The summed E-state index contributed by atoms with van der Waals surface area (Å²) in [5.41, 5.74) is 1.37. The van der Waals surface area contributed by atoms with Crippen LogP contribution in [0.1, 0.15) is 36.1 Å². The number of piperidine rings is 1. The van der Waals surface area contributed by atoms with E-state index in [1.165, 1.54) is 20.5 Å². The van der Waals surface area contributed by atoms with Crippen molar-refractivity contribution in [3.05, 3.63) is 65.3 Å². The fourth-order valence-corrected chi connectivity index (χ4v) is 5.39. The quantitative estimate of drug-likeness (QED) is 0.647. The molecular weight excluding hydrogens is 340 g/mol. The molecule has 0 amide bonds. The largest absolute Gasteiger partial charge is 0.299 e. The molecule has 1 fully saturated rings. The molecule has 1 atom stereocenters. The third-order valence-corrected chi connectivity index (χ3v) is 6.61. The number of ketones is 1. The van der Waals surface area contributed by atoms with Crippen LogP contribution >= 0.6 is 11.3 Å². The molecule has 1 unspecified atom stereocenters. The molecule has 1 aromatic carbocycles. The van der Waals surface area contributed by atoms with Crippen molar-refractivity contribution in [1.82, 2.24) is 9.88 Å². The first-order chi connectivity index (χ1) is 12.7. The molecule has 1 saturated heterocycles. The van der Waals surface area contributed by atoms with E-state index in [-0.39, 0.29) is 5.92 Å². The summed E-state index contributed by atoms with van der Waals surface area (Å²) in [6, 6.07) is 14.9. The molecular formula is C22H24N2OS. The van der Waals surface area contributed by atoms with Gasteiger partial charge in [-0.05, 0) is 61.9 Å². The summed E-state index contributed by atoms with van der Waals surface area (Å²) >= 11 is 1.73. The smallest absolute Gasteiger partial charge is 0.138 e. The standard InChI is InChI=1S/C22H24N2OS/c1-16(25)22(20-13-19-7-10-23-14-21(19)26-20)18-8-11-24(12-9-18)15-17-5-3-2-4-6-17/h2-7,10,13-14,18,22H,8-9,11-12,15H2,1H3. The number of fused-ring (bicyclic) bond motifs is 1. The average molecular weight is 365 g/mol. The van der Waals surface area contributed by atoms with Gasteiger partial charge in [0.15, 0.2) is 0 Å². The molecule has 0 radical (unpaired) electrons. The number of rotatable bonds is 5. The van der Waals surface area contributed by atoms with E-state index in [4.69, 9.17) is 0 Å². The lowest BCUT2D eigenvalue weighted by molar-refractivity contribution is -0.119. The van der Waals surface area contributed by atoms with Gasteiger partial charge in [-0.3, -0.25) is 14.7 Å². The average Bonchev–Trinajstić information content (AvgIpc) is 3.07. The summed E-state index contributed by atoms with van der Waals surface area (Å²) < 4.78 is 1.18.